The molecule has 1 spiro atoms. The number of carbonyl (C=O) groups is 1. The topological polar surface area (TPSA) is 26.3 Å². The summed E-state index contributed by atoms with van der Waals surface area (Å²) in [5.74, 6) is 2.57. The Kier molecular flexibility index (Phi) is 4.42. The van der Waals surface area contributed by atoms with Crippen LogP contribution in [0.25, 0.3) is 5.76 Å². The largest absolute Gasteiger partial charge is 0.425 e. The number of thioether (sulfide) groups is 2. The quantitative estimate of drug-likeness (QED) is 0.714. The molecule has 2 aliphatic heterocycles. The zero-order chi connectivity index (χ0) is 16.4. The summed E-state index contributed by atoms with van der Waals surface area (Å²) in [6.07, 6.45) is 3.28. The van der Waals surface area contributed by atoms with E-state index in [1.54, 1.807) is 23.5 Å². The Balaban J connectivity index is 1.82. The zero-order valence-electron chi connectivity index (χ0n) is 13.2. The highest BCUT2D eigenvalue weighted by Crippen LogP contribution is 2.55. The van der Waals surface area contributed by atoms with Gasteiger partial charge in [0.05, 0.1) is 0 Å². The van der Waals surface area contributed by atoms with Gasteiger partial charge in [0, 0.05) is 11.5 Å². The fourth-order valence-corrected chi connectivity index (χ4v) is 6.46. The van der Waals surface area contributed by atoms with Gasteiger partial charge in [-0.25, -0.2) is 4.79 Å². The summed E-state index contributed by atoms with van der Waals surface area (Å²) >= 11 is 3.48. The average molecular weight is 354 g/mol. The van der Waals surface area contributed by atoms with Gasteiger partial charge in [0.2, 0.25) is 0 Å². The number of rotatable bonds is 2. The maximum absolute atomic E-state index is 13.0. The van der Waals surface area contributed by atoms with Gasteiger partial charge in [0.1, 0.15) is 5.76 Å². The van der Waals surface area contributed by atoms with Gasteiger partial charge in [0.15, 0.2) is 4.08 Å². The first-order valence-corrected chi connectivity index (χ1v) is 10.1. The molecule has 1 atom stereocenters. The minimum Gasteiger partial charge on any atom is -0.425 e. The first-order valence-electron chi connectivity index (χ1n) is 8.12. The molecule has 122 valence electrons. The highest BCUT2D eigenvalue weighted by Gasteiger charge is 2.52. The molecule has 1 saturated heterocycles. The molecule has 0 aliphatic carbocycles. The van der Waals surface area contributed by atoms with E-state index in [1.165, 1.54) is 5.56 Å². The van der Waals surface area contributed by atoms with Gasteiger partial charge < -0.3 is 4.74 Å². The third-order valence-corrected chi connectivity index (χ3v) is 7.74. The van der Waals surface area contributed by atoms with Crippen molar-refractivity contribution in [2.24, 2.45) is 0 Å². The highest BCUT2D eigenvalue weighted by molar-refractivity contribution is 8.20. The summed E-state index contributed by atoms with van der Waals surface area (Å²) in [4.78, 5) is 13.0. The van der Waals surface area contributed by atoms with Crippen molar-refractivity contribution in [1.29, 1.82) is 0 Å². The van der Waals surface area contributed by atoms with Gasteiger partial charge in [0.25, 0.3) is 0 Å². The van der Waals surface area contributed by atoms with Gasteiger partial charge in [-0.15, -0.1) is 23.5 Å². The number of allylic oxidation sites excluding steroid dienone is 1. The standard InChI is InChI=1S/C20H18O2S2/c21-19-20(23-12-7-13-24-20)17(15-8-3-1-4-9-15)14-18(22-19)16-10-5-2-6-11-16/h1-6,8-11,14,17H,7,12-13H2. The second kappa shape index (κ2) is 6.69. The molecule has 1 unspecified atom stereocenters. The fourth-order valence-electron chi connectivity index (χ4n) is 3.17. The Bertz CT molecular complexity index is 750. The third-order valence-electron chi connectivity index (χ3n) is 4.35. The van der Waals surface area contributed by atoms with Crippen molar-refractivity contribution >= 4 is 35.3 Å². The fraction of sp³-hybridized carbons (Fsp3) is 0.250. The van der Waals surface area contributed by atoms with Crippen LogP contribution in [-0.2, 0) is 9.53 Å². The van der Waals surface area contributed by atoms with Crippen molar-refractivity contribution in [2.45, 2.75) is 16.4 Å². The molecular weight excluding hydrogens is 336 g/mol. The predicted molar refractivity (Wildman–Crippen MR) is 102 cm³/mol. The predicted octanol–water partition coefficient (Wildman–Crippen LogP) is 4.93. The summed E-state index contributed by atoms with van der Waals surface area (Å²) in [5.41, 5.74) is 2.12. The Morgan fingerprint density at radius 3 is 2.21 bits per heavy atom. The number of benzene rings is 2. The van der Waals surface area contributed by atoms with Crippen LogP contribution in [0.2, 0.25) is 0 Å². The molecular formula is C20H18O2S2. The number of esters is 1. The van der Waals surface area contributed by atoms with E-state index in [0.717, 1.165) is 23.5 Å². The van der Waals surface area contributed by atoms with Gasteiger partial charge in [-0.1, -0.05) is 60.7 Å². The van der Waals surface area contributed by atoms with Crippen molar-refractivity contribution in [3.63, 3.8) is 0 Å². The molecule has 2 heterocycles. The van der Waals surface area contributed by atoms with Crippen LogP contribution in [0.4, 0.5) is 0 Å². The Labute approximate surface area is 150 Å². The smallest absolute Gasteiger partial charge is 0.338 e. The van der Waals surface area contributed by atoms with Crippen molar-refractivity contribution in [3.05, 3.63) is 77.9 Å². The van der Waals surface area contributed by atoms with E-state index in [9.17, 15) is 4.79 Å². The summed E-state index contributed by atoms with van der Waals surface area (Å²) in [7, 11) is 0. The molecule has 0 aromatic heterocycles. The van der Waals surface area contributed by atoms with E-state index in [4.69, 9.17) is 4.74 Å². The molecule has 24 heavy (non-hydrogen) atoms. The first-order chi connectivity index (χ1) is 11.8. The normalized spacial score (nSPS) is 22.8. The average Bonchev–Trinajstić information content (AvgIpc) is 2.66. The molecule has 4 heteroatoms. The number of carbonyl (C=O) groups excluding carboxylic acids is 1. The molecule has 0 amide bonds. The first kappa shape index (κ1) is 15.9. The van der Waals surface area contributed by atoms with E-state index in [2.05, 4.69) is 18.2 Å². The van der Waals surface area contributed by atoms with Crippen LogP contribution >= 0.6 is 23.5 Å². The molecule has 0 N–H and O–H groups in total. The maximum Gasteiger partial charge on any atom is 0.338 e. The molecule has 2 aliphatic rings. The molecule has 1 fully saturated rings. The zero-order valence-corrected chi connectivity index (χ0v) is 14.8. The Hall–Kier alpha value is -1.65. The van der Waals surface area contributed by atoms with Crippen molar-refractivity contribution < 1.29 is 9.53 Å². The van der Waals surface area contributed by atoms with E-state index in [1.807, 2.05) is 48.5 Å². The number of hydrogen-bond donors (Lipinski definition) is 0. The lowest BCUT2D eigenvalue weighted by atomic mass is 9.91. The third kappa shape index (κ3) is 2.78. The van der Waals surface area contributed by atoms with E-state index in [0.29, 0.717) is 5.76 Å². The monoisotopic (exact) mass is 354 g/mol. The molecule has 4 rings (SSSR count). The maximum atomic E-state index is 13.0. The lowest BCUT2D eigenvalue weighted by Gasteiger charge is -2.41. The molecule has 0 bridgehead atoms. The van der Waals surface area contributed by atoms with Gasteiger partial charge in [-0.3, -0.25) is 0 Å². The van der Waals surface area contributed by atoms with Crippen molar-refractivity contribution in [1.82, 2.24) is 0 Å². The summed E-state index contributed by atoms with van der Waals surface area (Å²) in [6, 6.07) is 20.2. The van der Waals surface area contributed by atoms with Crippen molar-refractivity contribution in [2.75, 3.05) is 11.5 Å². The minimum absolute atomic E-state index is 0.0189. The summed E-state index contributed by atoms with van der Waals surface area (Å²) < 4.78 is 5.24. The van der Waals surface area contributed by atoms with Gasteiger partial charge >= 0.3 is 5.97 Å². The Morgan fingerprint density at radius 1 is 0.917 bits per heavy atom. The van der Waals surface area contributed by atoms with Gasteiger partial charge in [-0.2, -0.15) is 0 Å². The van der Waals surface area contributed by atoms with E-state index < -0.39 is 4.08 Å². The lowest BCUT2D eigenvalue weighted by molar-refractivity contribution is -0.138. The van der Waals surface area contributed by atoms with Crippen LogP contribution in [0, 0.1) is 0 Å². The molecule has 2 aromatic carbocycles. The SMILES string of the molecule is O=C1OC(c2ccccc2)=CC(c2ccccc2)C12SCCCS2. The van der Waals surface area contributed by atoms with Crippen LogP contribution < -0.4 is 0 Å². The number of cyclic esters (lactones) is 1. The van der Waals surface area contributed by atoms with Gasteiger partial charge in [-0.05, 0) is 29.6 Å². The molecule has 0 radical (unpaired) electrons. The van der Waals surface area contributed by atoms with Crippen LogP contribution in [0.15, 0.2) is 66.7 Å². The second-order valence-electron chi connectivity index (χ2n) is 5.89. The number of hydrogen-bond acceptors (Lipinski definition) is 4. The van der Waals surface area contributed by atoms with E-state index >= 15 is 0 Å². The molecule has 2 aromatic rings. The Morgan fingerprint density at radius 2 is 1.54 bits per heavy atom. The number of ether oxygens (including phenoxy) is 1. The van der Waals surface area contributed by atoms with Crippen LogP contribution in [0.5, 0.6) is 0 Å². The summed E-state index contributed by atoms with van der Waals surface area (Å²) in [6.45, 7) is 0. The van der Waals surface area contributed by atoms with Crippen LogP contribution in [0.3, 0.4) is 0 Å². The highest BCUT2D eigenvalue weighted by atomic mass is 32.2. The minimum atomic E-state index is -0.558. The summed E-state index contributed by atoms with van der Waals surface area (Å²) in [5, 5.41) is 0. The molecule has 2 nitrogen and oxygen atoms in total. The lowest BCUT2D eigenvalue weighted by Crippen LogP contribution is -2.43. The van der Waals surface area contributed by atoms with Crippen LogP contribution in [-0.4, -0.2) is 21.6 Å². The van der Waals surface area contributed by atoms with Crippen LogP contribution in [0.1, 0.15) is 23.5 Å². The van der Waals surface area contributed by atoms with Crippen molar-refractivity contribution in [3.8, 4) is 0 Å². The second-order valence-corrected chi connectivity index (χ2v) is 8.83. The molecule has 0 saturated carbocycles. The van der Waals surface area contributed by atoms with E-state index in [-0.39, 0.29) is 11.9 Å².